The van der Waals surface area contributed by atoms with Gasteiger partial charge in [-0.2, -0.15) is 0 Å². The van der Waals surface area contributed by atoms with Gasteiger partial charge in [-0.05, 0) is 74.6 Å². The van der Waals surface area contributed by atoms with Crippen LogP contribution in [0.2, 0.25) is 16.6 Å². The number of benzene rings is 2. The smallest absolute Gasteiger partial charge is 0.269 e. The maximum absolute atomic E-state index is 10.8. The van der Waals surface area contributed by atoms with Gasteiger partial charge in [-0.25, -0.2) is 0 Å². The second-order valence-electron chi connectivity index (χ2n) is 7.87. The van der Waals surface area contributed by atoms with E-state index >= 15 is 0 Å². The monoisotopic (exact) mass is 497 g/mol. The van der Waals surface area contributed by atoms with Crippen LogP contribution in [0.5, 0.6) is 5.75 Å². The summed E-state index contributed by atoms with van der Waals surface area (Å²) in [4.78, 5) is 10.5. The van der Waals surface area contributed by atoms with Crippen molar-refractivity contribution in [3.05, 3.63) is 56.1 Å². The first-order chi connectivity index (χ1) is 12.6. The molecule has 0 aliphatic carbocycles. The van der Waals surface area contributed by atoms with E-state index < -0.39 is 8.32 Å². The third-order valence-electron chi connectivity index (χ3n) is 5.34. The van der Waals surface area contributed by atoms with Crippen LogP contribution in [0.25, 0.3) is 11.1 Å². The van der Waals surface area contributed by atoms with Gasteiger partial charge in [-0.1, -0.05) is 47.6 Å². The van der Waals surface area contributed by atoms with Crippen molar-refractivity contribution < 1.29 is 9.35 Å². The lowest BCUT2D eigenvalue weighted by atomic mass is 10.1. The fourth-order valence-electron chi connectivity index (χ4n) is 4.08. The zero-order valence-corrected chi connectivity index (χ0v) is 20.0. The number of rotatable bonds is 7. The summed E-state index contributed by atoms with van der Waals surface area (Å²) in [5, 5.41) is 10.8. The summed E-state index contributed by atoms with van der Waals surface area (Å²) in [6, 6.07) is 12.9. The highest BCUT2D eigenvalue weighted by atomic mass is 127. The summed E-state index contributed by atoms with van der Waals surface area (Å²) >= 11 is 2.33. The molecule has 0 radical (unpaired) electrons. The molecule has 146 valence electrons. The van der Waals surface area contributed by atoms with Crippen LogP contribution in [-0.4, -0.2) is 13.2 Å². The molecule has 0 saturated carbocycles. The predicted molar refractivity (Wildman–Crippen MR) is 123 cm³/mol. The van der Waals surface area contributed by atoms with Crippen LogP contribution in [0.15, 0.2) is 42.5 Å². The van der Waals surface area contributed by atoms with Gasteiger partial charge in [-0.3, -0.25) is 10.1 Å². The van der Waals surface area contributed by atoms with Gasteiger partial charge in [0.1, 0.15) is 5.75 Å². The molecule has 4 nitrogen and oxygen atoms in total. The highest BCUT2D eigenvalue weighted by Gasteiger charge is 2.47. The van der Waals surface area contributed by atoms with E-state index in [4.69, 9.17) is 4.43 Å². The fraction of sp³-hybridized carbons (Fsp3) is 0.429. The Kier molecular flexibility index (Phi) is 7.07. The largest absolute Gasteiger partial charge is 0.542 e. The average molecular weight is 497 g/mol. The van der Waals surface area contributed by atoms with Crippen LogP contribution < -0.4 is 4.43 Å². The molecule has 6 heteroatoms. The van der Waals surface area contributed by atoms with E-state index in [1.807, 2.05) is 12.1 Å². The second kappa shape index (κ2) is 8.73. The SMILES string of the molecule is CC(C)[Si](Oc1ccc(-c2ccc([N+](=O)[O-])cc2)cc1I)(C(C)C)C(C)C. The summed E-state index contributed by atoms with van der Waals surface area (Å²) < 4.78 is 7.87. The molecule has 0 unspecified atom stereocenters. The number of nitro benzene ring substituents is 1. The minimum atomic E-state index is -2.00. The molecule has 0 aliphatic heterocycles. The summed E-state index contributed by atoms with van der Waals surface area (Å²) in [5.41, 5.74) is 3.65. The van der Waals surface area contributed by atoms with E-state index in [0.29, 0.717) is 16.6 Å². The van der Waals surface area contributed by atoms with Crippen molar-refractivity contribution >= 4 is 36.6 Å². The molecule has 0 N–H and O–H groups in total. The van der Waals surface area contributed by atoms with E-state index in [-0.39, 0.29) is 10.6 Å². The van der Waals surface area contributed by atoms with Crippen LogP contribution in [0.1, 0.15) is 41.5 Å². The Hall–Kier alpha value is -1.41. The number of non-ortho nitro benzene ring substituents is 1. The molecule has 2 aromatic carbocycles. The highest BCUT2D eigenvalue weighted by Crippen LogP contribution is 2.44. The molecule has 0 aliphatic rings. The third-order valence-corrected chi connectivity index (χ3v) is 12.2. The molecule has 0 fully saturated rings. The van der Waals surface area contributed by atoms with Crippen molar-refractivity contribution in [3.8, 4) is 16.9 Å². The molecule has 0 heterocycles. The summed E-state index contributed by atoms with van der Waals surface area (Å²) in [6.45, 7) is 13.7. The quantitative estimate of drug-likeness (QED) is 0.173. The molecule has 0 bridgehead atoms. The Morgan fingerprint density at radius 1 is 0.889 bits per heavy atom. The molecule has 0 aromatic heterocycles. The van der Waals surface area contributed by atoms with E-state index in [9.17, 15) is 10.1 Å². The molecule has 0 atom stereocenters. The van der Waals surface area contributed by atoms with Gasteiger partial charge in [0.2, 0.25) is 0 Å². The normalized spacial score (nSPS) is 12.1. The Morgan fingerprint density at radius 2 is 1.37 bits per heavy atom. The van der Waals surface area contributed by atoms with E-state index in [0.717, 1.165) is 20.4 Å². The van der Waals surface area contributed by atoms with Gasteiger partial charge in [-0.15, -0.1) is 0 Å². The maximum atomic E-state index is 10.8. The lowest BCUT2D eigenvalue weighted by molar-refractivity contribution is -0.384. The van der Waals surface area contributed by atoms with E-state index in [1.165, 1.54) is 0 Å². The first-order valence-electron chi connectivity index (χ1n) is 9.33. The predicted octanol–water partition coefficient (Wildman–Crippen LogP) is 7.42. The average Bonchev–Trinajstić information content (AvgIpc) is 2.59. The third kappa shape index (κ3) is 4.54. The maximum Gasteiger partial charge on any atom is 0.269 e. The van der Waals surface area contributed by atoms with Crippen molar-refractivity contribution in [2.45, 2.75) is 58.2 Å². The molecular weight excluding hydrogens is 469 g/mol. The molecule has 0 saturated heterocycles. The number of nitro groups is 1. The first kappa shape index (κ1) is 21.9. The van der Waals surface area contributed by atoms with Gasteiger partial charge in [0.15, 0.2) is 0 Å². The van der Waals surface area contributed by atoms with Crippen LogP contribution in [-0.2, 0) is 0 Å². The minimum Gasteiger partial charge on any atom is -0.542 e. The number of nitrogens with zero attached hydrogens (tertiary/aromatic N) is 1. The highest BCUT2D eigenvalue weighted by molar-refractivity contribution is 14.1. The molecule has 0 spiro atoms. The lowest BCUT2D eigenvalue weighted by Crippen LogP contribution is -2.50. The number of hydrogen-bond donors (Lipinski definition) is 0. The van der Waals surface area contributed by atoms with Crippen molar-refractivity contribution in [1.29, 1.82) is 0 Å². The van der Waals surface area contributed by atoms with Crippen LogP contribution in [0.4, 0.5) is 5.69 Å². The Labute approximate surface area is 176 Å². The van der Waals surface area contributed by atoms with Crippen LogP contribution in [0.3, 0.4) is 0 Å². The molecule has 27 heavy (non-hydrogen) atoms. The lowest BCUT2D eigenvalue weighted by Gasteiger charge is -2.42. The van der Waals surface area contributed by atoms with Crippen LogP contribution in [0, 0.1) is 13.7 Å². The minimum absolute atomic E-state index is 0.106. The first-order valence-corrected chi connectivity index (χ1v) is 12.5. The summed E-state index contributed by atoms with van der Waals surface area (Å²) in [6.07, 6.45) is 0. The zero-order chi connectivity index (χ0) is 20.4. The van der Waals surface area contributed by atoms with Gasteiger partial charge < -0.3 is 4.43 Å². The van der Waals surface area contributed by atoms with Crippen molar-refractivity contribution in [2.75, 3.05) is 0 Å². The Bertz CT molecular complexity index is 782. The summed E-state index contributed by atoms with van der Waals surface area (Å²) in [7, 11) is -2.00. The van der Waals surface area contributed by atoms with Gasteiger partial charge in [0, 0.05) is 12.1 Å². The molecular formula is C21H28INO3Si. The van der Waals surface area contributed by atoms with E-state index in [2.05, 4.69) is 70.2 Å². The van der Waals surface area contributed by atoms with Crippen molar-refractivity contribution in [2.24, 2.45) is 0 Å². The summed E-state index contributed by atoms with van der Waals surface area (Å²) in [5.74, 6) is 0.948. The van der Waals surface area contributed by atoms with E-state index in [1.54, 1.807) is 24.3 Å². The Balaban J connectivity index is 2.37. The standard InChI is InChI=1S/C21H28INO3Si/c1-14(2)27(15(3)4,16(5)6)26-21-12-9-18(13-20(21)22)17-7-10-19(11-8-17)23(24)25/h7-16H,1-6H3. The zero-order valence-electron chi connectivity index (χ0n) is 16.8. The molecule has 2 rings (SSSR count). The van der Waals surface area contributed by atoms with Gasteiger partial charge in [0.25, 0.3) is 14.0 Å². The van der Waals surface area contributed by atoms with Crippen LogP contribution >= 0.6 is 22.6 Å². The number of halogens is 1. The fourth-order valence-corrected chi connectivity index (χ4v) is 10.2. The van der Waals surface area contributed by atoms with Crippen molar-refractivity contribution in [1.82, 2.24) is 0 Å². The van der Waals surface area contributed by atoms with Gasteiger partial charge >= 0.3 is 0 Å². The number of hydrogen-bond acceptors (Lipinski definition) is 3. The molecule has 0 amide bonds. The topological polar surface area (TPSA) is 52.4 Å². The Morgan fingerprint density at radius 3 is 1.78 bits per heavy atom. The second-order valence-corrected chi connectivity index (χ2v) is 14.4. The molecule has 2 aromatic rings. The van der Waals surface area contributed by atoms with Crippen molar-refractivity contribution in [3.63, 3.8) is 0 Å². The van der Waals surface area contributed by atoms with Gasteiger partial charge in [0.05, 0.1) is 8.49 Å².